The van der Waals surface area contributed by atoms with Crippen LogP contribution in [0.25, 0.3) is 0 Å². The molecule has 0 spiro atoms. The van der Waals surface area contributed by atoms with Crippen LogP contribution in [0.15, 0.2) is 48.0 Å². The predicted octanol–water partition coefficient (Wildman–Crippen LogP) is 6.05. The molecule has 0 saturated carbocycles. The predicted molar refractivity (Wildman–Crippen MR) is 112 cm³/mol. The van der Waals surface area contributed by atoms with E-state index in [9.17, 15) is 4.39 Å². The highest BCUT2D eigenvalue weighted by Gasteiger charge is 2.09. The summed E-state index contributed by atoms with van der Waals surface area (Å²) in [6.07, 6.45) is 8.66. The number of hydrogen-bond donors (Lipinski definition) is 1. The van der Waals surface area contributed by atoms with E-state index in [0.717, 1.165) is 30.6 Å². The molecule has 28 heavy (non-hydrogen) atoms. The lowest BCUT2D eigenvalue weighted by Gasteiger charge is -2.14. The Morgan fingerprint density at radius 1 is 1.11 bits per heavy atom. The normalized spacial score (nSPS) is 13.9. The summed E-state index contributed by atoms with van der Waals surface area (Å²) in [5.74, 6) is 0.953. The van der Waals surface area contributed by atoms with Crippen molar-refractivity contribution in [2.75, 3.05) is 13.7 Å². The van der Waals surface area contributed by atoms with Gasteiger partial charge in [0, 0.05) is 12.1 Å². The molecule has 0 bridgehead atoms. The van der Waals surface area contributed by atoms with E-state index in [0.29, 0.717) is 16.5 Å². The molecule has 0 aromatic heterocycles. The van der Waals surface area contributed by atoms with Crippen LogP contribution in [0, 0.1) is 5.82 Å². The molecule has 2 aromatic rings. The summed E-state index contributed by atoms with van der Waals surface area (Å²) in [5.41, 5.74) is 3.45. The molecule has 1 aliphatic carbocycles. The number of ether oxygens (including phenoxy) is 2. The molecular weight excluding hydrogens is 377 g/mol. The summed E-state index contributed by atoms with van der Waals surface area (Å²) >= 11 is 6.06. The van der Waals surface area contributed by atoms with Gasteiger partial charge in [-0.25, -0.2) is 4.39 Å². The van der Waals surface area contributed by atoms with Gasteiger partial charge >= 0.3 is 0 Å². The van der Waals surface area contributed by atoms with E-state index in [1.54, 1.807) is 18.7 Å². The second-order valence-electron chi connectivity index (χ2n) is 7.04. The first-order valence-corrected chi connectivity index (χ1v) is 10.2. The third-order valence-corrected chi connectivity index (χ3v) is 5.32. The van der Waals surface area contributed by atoms with Crippen LogP contribution in [0.5, 0.6) is 11.5 Å². The molecule has 0 amide bonds. The lowest BCUT2D eigenvalue weighted by Crippen LogP contribution is -2.15. The molecule has 3 rings (SSSR count). The van der Waals surface area contributed by atoms with Gasteiger partial charge < -0.3 is 14.8 Å². The Hall–Kier alpha value is -2.04. The van der Waals surface area contributed by atoms with Crippen LogP contribution in [-0.2, 0) is 13.2 Å². The van der Waals surface area contributed by atoms with E-state index in [4.69, 9.17) is 21.1 Å². The quantitative estimate of drug-likeness (QED) is 0.408. The zero-order valence-corrected chi connectivity index (χ0v) is 17.0. The molecule has 1 aliphatic rings. The average molecular weight is 404 g/mol. The molecule has 0 unspecified atom stereocenters. The molecule has 5 heteroatoms. The number of nitrogens with one attached hydrogen (secondary N) is 1. The summed E-state index contributed by atoms with van der Waals surface area (Å²) < 4.78 is 24.5. The van der Waals surface area contributed by atoms with Gasteiger partial charge in [0.1, 0.15) is 12.4 Å². The first kappa shape index (κ1) is 20.7. The Balaban J connectivity index is 1.52. The molecule has 0 heterocycles. The number of allylic oxidation sites excluding steroid dienone is 1. The SMILES string of the molecule is COc1cc(CNCCC2=CCCCC2)ccc1OCc1ccc(F)cc1Cl. The van der Waals surface area contributed by atoms with Crippen molar-refractivity contribution in [2.45, 2.75) is 45.3 Å². The van der Waals surface area contributed by atoms with Crippen LogP contribution in [0.2, 0.25) is 5.02 Å². The van der Waals surface area contributed by atoms with Crippen molar-refractivity contribution in [3.63, 3.8) is 0 Å². The summed E-state index contributed by atoms with van der Waals surface area (Å²) in [7, 11) is 1.62. The van der Waals surface area contributed by atoms with Gasteiger partial charge in [0.05, 0.1) is 12.1 Å². The summed E-state index contributed by atoms with van der Waals surface area (Å²) in [6.45, 7) is 2.02. The van der Waals surface area contributed by atoms with Crippen molar-refractivity contribution in [1.82, 2.24) is 5.32 Å². The lowest BCUT2D eigenvalue weighted by molar-refractivity contribution is 0.284. The largest absolute Gasteiger partial charge is 0.493 e. The first-order valence-electron chi connectivity index (χ1n) is 9.78. The third kappa shape index (κ3) is 5.98. The second-order valence-corrected chi connectivity index (χ2v) is 7.45. The number of methoxy groups -OCH3 is 1. The maximum atomic E-state index is 13.2. The molecule has 0 fully saturated rings. The fourth-order valence-corrected chi connectivity index (χ4v) is 3.57. The van der Waals surface area contributed by atoms with Gasteiger partial charge in [-0.1, -0.05) is 35.4 Å². The van der Waals surface area contributed by atoms with Gasteiger partial charge in [-0.3, -0.25) is 0 Å². The second kappa shape index (κ2) is 10.5. The van der Waals surface area contributed by atoms with Crippen molar-refractivity contribution in [1.29, 1.82) is 0 Å². The summed E-state index contributed by atoms with van der Waals surface area (Å²) in [6, 6.07) is 10.2. The smallest absolute Gasteiger partial charge is 0.161 e. The Labute approximate surface area is 171 Å². The summed E-state index contributed by atoms with van der Waals surface area (Å²) in [5, 5.41) is 3.85. The molecule has 0 radical (unpaired) electrons. The van der Waals surface area contributed by atoms with Crippen LogP contribution < -0.4 is 14.8 Å². The highest BCUT2D eigenvalue weighted by molar-refractivity contribution is 6.31. The number of halogens is 2. The van der Waals surface area contributed by atoms with E-state index in [1.807, 2.05) is 18.2 Å². The molecule has 3 nitrogen and oxygen atoms in total. The van der Waals surface area contributed by atoms with Crippen molar-refractivity contribution >= 4 is 11.6 Å². The zero-order valence-electron chi connectivity index (χ0n) is 16.3. The number of benzene rings is 2. The van der Waals surface area contributed by atoms with Gasteiger partial charge in [-0.15, -0.1) is 0 Å². The van der Waals surface area contributed by atoms with Gasteiger partial charge in [0.15, 0.2) is 11.5 Å². The topological polar surface area (TPSA) is 30.5 Å². The van der Waals surface area contributed by atoms with Crippen LogP contribution in [-0.4, -0.2) is 13.7 Å². The highest BCUT2D eigenvalue weighted by atomic mass is 35.5. The maximum Gasteiger partial charge on any atom is 0.161 e. The molecule has 150 valence electrons. The Morgan fingerprint density at radius 2 is 2.00 bits per heavy atom. The third-order valence-electron chi connectivity index (χ3n) is 4.96. The van der Waals surface area contributed by atoms with E-state index >= 15 is 0 Å². The monoisotopic (exact) mass is 403 g/mol. The Bertz CT molecular complexity index is 822. The molecule has 1 N–H and O–H groups in total. The minimum atomic E-state index is -0.358. The fraction of sp³-hybridized carbons (Fsp3) is 0.391. The molecule has 2 aromatic carbocycles. The van der Waals surface area contributed by atoms with Crippen molar-refractivity contribution in [3.05, 3.63) is 70.0 Å². The van der Waals surface area contributed by atoms with E-state index in [-0.39, 0.29) is 12.4 Å². The Kier molecular flexibility index (Phi) is 7.75. The maximum absolute atomic E-state index is 13.2. The standard InChI is InChI=1S/C23H27ClFNO2/c1-27-23-13-18(15-26-12-11-17-5-3-2-4-6-17)7-10-22(23)28-16-19-8-9-20(25)14-21(19)24/h5,7-10,13-14,26H,2-4,6,11-12,15-16H2,1H3. The van der Waals surface area contributed by atoms with Gasteiger partial charge in [0.25, 0.3) is 0 Å². The number of hydrogen-bond acceptors (Lipinski definition) is 3. The van der Waals surface area contributed by atoms with Crippen LogP contribution in [0.1, 0.15) is 43.2 Å². The molecule has 0 aliphatic heterocycles. The molecule has 0 atom stereocenters. The van der Waals surface area contributed by atoms with Crippen LogP contribution >= 0.6 is 11.6 Å². The summed E-state index contributed by atoms with van der Waals surface area (Å²) in [4.78, 5) is 0. The highest BCUT2D eigenvalue weighted by Crippen LogP contribution is 2.30. The van der Waals surface area contributed by atoms with Crippen molar-refractivity contribution in [2.24, 2.45) is 0 Å². The zero-order chi connectivity index (χ0) is 19.8. The minimum Gasteiger partial charge on any atom is -0.493 e. The van der Waals surface area contributed by atoms with Crippen LogP contribution in [0.3, 0.4) is 0 Å². The number of rotatable bonds is 9. The average Bonchev–Trinajstić information content (AvgIpc) is 2.72. The van der Waals surface area contributed by atoms with Gasteiger partial charge in [-0.2, -0.15) is 0 Å². The van der Waals surface area contributed by atoms with E-state index < -0.39 is 0 Å². The first-order chi connectivity index (χ1) is 13.7. The van der Waals surface area contributed by atoms with Crippen LogP contribution in [0.4, 0.5) is 4.39 Å². The van der Waals surface area contributed by atoms with Crippen molar-refractivity contribution < 1.29 is 13.9 Å². The fourth-order valence-electron chi connectivity index (χ4n) is 3.35. The van der Waals surface area contributed by atoms with Gasteiger partial charge in [-0.05, 0) is 68.5 Å². The minimum absolute atomic E-state index is 0.252. The van der Waals surface area contributed by atoms with E-state index in [2.05, 4.69) is 11.4 Å². The van der Waals surface area contributed by atoms with E-state index in [1.165, 1.54) is 37.8 Å². The molecule has 0 saturated heterocycles. The Morgan fingerprint density at radius 3 is 2.75 bits per heavy atom. The lowest BCUT2D eigenvalue weighted by atomic mass is 9.97. The van der Waals surface area contributed by atoms with Crippen molar-refractivity contribution in [3.8, 4) is 11.5 Å². The molecular formula is C23H27ClFNO2. The van der Waals surface area contributed by atoms with Gasteiger partial charge in [0.2, 0.25) is 0 Å².